The number of alkyl carbamates (subject to hydrolysis) is 1. The molecule has 0 saturated carbocycles. The minimum atomic E-state index is -4.38. The van der Waals surface area contributed by atoms with Crippen molar-refractivity contribution >= 4 is 39.3 Å². The number of methoxy groups -OCH3 is 1. The molecule has 3 rings (SSSR count). The molecule has 10 nitrogen and oxygen atoms in total. The Morgan fingerprint density at radius 2 is 1.70 bits per heavy atom. The lowest BCUT2D eigenvalue weighted by molar-refractivity contribution is -0.123. The van der Waals surface area contributed by atoms with E-state index in [9.17, 15) is 18.0 Å². The second-order valence-electron chi connectivity index (χ2n) is 8.34. The van der Waals surface area contributed by atoms with Crippen molar-refractivity contribution in [1.29, 1.82) is 0 Å². The second-order valence-corrected chi connectivity index (χ2v) is 10.4. The average molecular weight is 547 g/mol. The first-order valence-corrected chi connectivity index (χ1v) is 14.0. The number of thiazole rings is 1. The van der Waals surface area contributed by atoms with Crippen molar-refractivity contribution in [2.45, 2.75) is 44.7 Å². The lowest BCUT2D eigenvalue weighted by atomic mass is 10.0. The van der Waals surface area contributed by atoms with E-state index in [0.717, 1.165) is 29.7 Å². The van der Waals surface area contributed by atoms with Crippen LogP contribution in [0.3, 0.4) is 0 Å². The summed E-state index contributed by atoms with van der Waals surface area (Å²) in [5.74, 6) is -0.392. The van der Waals surface area contributed by atoms with Crippen molar-refractivity contribution in [3.8, 4) is 0 Å². The summed E-state index contributed by atoms with van der Waals surface area (Å²) in [5.41, 5.74) is 2.82. The standard InChI is InChI=1S/C25H30N4O6S2/c1-3-7-20-16-36-24(26-20)22(15-18-10-12-19(13-11-18)29-37(32,33)34)27-23(30)21(28-25(31)35-2)14-17-8-5-4-6-9-17/h4-6,8-13,16,21-22,29H,3,7,14-15H2,1-2H3,(H,27,30)(H,28,31)(H,32,33,34). The molecule has 4 N–H and O–H groups in total. The van der Waals surface area contributed by atoms with E-state index in [1.807, 2.05) is 40.4 Å². The largest absolute Gasteiger partial charge is 0.453 e. The fraction of sp³-hybridized carbons (Fsp3) is 0.320. The number of carbonyl (C=O) groups is 2. The van der Waals surface area contributed by atoms with Crippen molar-refractivity contribution in [3.05, 3.63) is 81.8 Å². The summed E-state index contributed by atoms with van der Waals surface area (Å²) in [6.45, 7) is 2.06. The first-order valence-electron chi connectivity index (χ1n) is 11.6. The molecule has 0 fully saturated rings. The van der Waals surface area contributed by atoms with Crippen LogP contribution in [0.15, 0.2) is 60.0 Å². The van der Waals surface area contributed by atoms with Crippen LogP contribution in [-0.2, 0) is 39.1 Å². The summed E-state index contributed by atoms with van der Waals surface area (Å²) in [4.78, 5) is 30.1. The highest BCUT2D eigenvalue weighted by atomic mass is 32.2. The molecular formula is C25H30N4O6S2. The summed E-state index contributed by atoms with van der Waals surface area (Å²) in [6.07, 6.45) is 1.67. The Morgan fingerprint density at radius 3 is 2.32 bits per heavy atom. The third-order valence-electron chi connectivity index (χ3n) is 5.41. The molecule has 2 unspecified atom stereocenters. The van der Waals surface area contributed by atoms with Crippen molar-refractivity contribution < 1.29 is 27.3 Å². The van der Waals surface area contributed by atoms with Crippen LogP contribution < -0.4 is 15.4 Å². The molecule has 12 heteroatoms. The number of amides is 2. The molecule has 0 spiro atoms. The van der Waals surface area contributed by atoms with Crippen molar-refractivity contribution in [2.75, 3.05) is 11.8 Å². The van der Waals surface area contributed by atoms with Gasteiger partial charge in [0.2, 0.25) is 5.91 Å². The van der Waals surface area contributed by atoms with Gasteiger partial charge in [0.15, 0.2) is 0 Å². The summed E-state index contributed by atoms with van der Waals surface area (Å²) in [7, 11) is -3.15. The number of rotatable bonds is 12. The molecule has 0 bridgehead atoms. The summed E-state index contributed by atoms with van der Waals surface area (Å²) < 4.78 is 37.8. The molecule has 1 heterocycles. The summed E-state index contributed by atoms with van der Waals surface area (Å²) >= 11 is 1.44. The van der Waals surface area contributed by atoms with Crippen LogP contribution in [0.5, 0.6) is 0 Å². The summed E-state index contributed by atoms with van der Waals surface area (Å²) in [5, 5.41) is 8.32. The van der Waals surface area contributed by atoms with Crippen molar-refractivity contribution in [1.82, 2.24) is 15.6 Å². The minimum absolute atomic E-state index is 0.205. The number of nitrogens with one attached hydrogen (secondary N) is 3. The van der Waals surface area contributed by atoms with Crippen LogP contribution in [0.4, 0.5) is 10.5 Å². The highest BCUT2D eigenvalue weighted by Crippen LogP contribution is 2.24. The van der Waals surface area contributed by atoms with Gasteiger partial charge >= 0.3 is 16.4 Å². The molecule has 0 aliphatic carbocycles. The van der Waals surface area contributed by atoms with E-state index in [1.165, 1.54) is 30.6 Å². The quantitative estimate of drug-likeness (QED) is 0.253. The molecule has 2 aromatic carbocycles. The number of carbonyl (C=O) groups excluding carboxylic acids is 2. The molecule has 1 aromatic heterocycles. The maximum Gasteiger partial charge on any atom is 0.407 e. The molecule has 3 aromatic rings. The zero-order valence-corrected chi connectivity index (χ0v) is 22.1. The summed E-state index contributed by atoms with van der Waals surface area (Å²) in [6, 6.07) is 14.4. The van der Waals surface area contributed by atoms with Gasteiger partial charge in [-0.05, 0) is 36.1 Å². The Morgan fingerprint density at radius 1 is 1.03 bits per heavy atom. The first-order chi connectivity index (χ1) is 17.7. The van der Waals surface area contributed by atoms with Crippen molar-refractivity contribution in [2.24, 2.45) is 0 Å². The molecule has 0 aliphatic heterocycles. The molecule has 0 saturated heterocycles. The predicted octanol–water partition coefficient (Wildman–Crippen LogP) is 3.68. The van der Waals surface area contributed by atoms with Crippen LogP contribution >= 0.6 is 11.3 Å². The number of aromatic nitrogens is 1. The topological polar surface area (TPSA) is 147 Å². The van der Waals surface area contributed by atoms with E-state index in [1.54, 1.807) is 12.1 Å². The smallest absolute Gasteiger partial charge is 0.407 e. The van der Waals surface area contributed by atoms with Crippen molar-refractivity contribution in [3.63, 3.8) is 0 Å². The van der Waals surface area contributed by atoms with E-state index in [2.05, 4.69) is 17.6 Å². The number of hydrogen-bond acceptors (Lipinski definition) is 7. The van der Waals surface area contributed by atoms with Gasteiger partial charge < -0.3 is 15.4 Å². The van der Waals surface area contributed by atoms with Gasteiger partial charge in [-0.25, -0.2) is 9.78 Å². The van der Waals surface area contributed by atoms with E-state index < -0.39 is 34.4 Å². The molecular weight excluding hydrogens is 516 g/mol. The molecule has 0 radical (unpaired) electrons. The molecule has 2 atom stereocenters. The molecule has 198 valence electrons. The third kappa shape index (κ3) is 9.16. The highest BCUT2D eigenvalue weighted by Gasteiger charge is 2.26. The Kier molecular flexibility index (Phi) is 10.0. The van der Waals surface area contributed by atoms with E-state index in [-0.39, 0.29) is 12.1 Å². The first kappa shape index (κ1) is 28.1. The Balaban J connectivity index is 1.83. The lowest BCUT2D eigenvalue weighted by Crippen LogP contribution is -2.49. The normalized spacial score (nSPS) is 12.8. The molecule has 0 aliphatic rings. The van der Waals surface area contributed by atoms with Gasteiger partial charge in [0, 0.05) is 11.8 Å². The fourth-order valence-electron chi connectivity index (χ4n) is 3.68. The van der Waals surface area contributed by atoms with Gasteiger partial charge in [0.25, 0.3) is 0 Å². The number of nitrogens with zero attached hydrogens (tertiary/aromatic N) is 1. The number of hydrogen-bond donors (Lipinski definition) is 4. The number of ether oxygens (including phenoxy) is 1. The van der Waals surface area contributed by atoms with Crippen LogP contribution in [0.1, 0.15) is 41.2 Å². The molecule has 2 amide bonds. The maximum atomic E-state index is 13.4. The Labute approximate surface area is 220 Å². The van der Waals surface area contributed by atoms with E-state index in [0.29, 0.717) is 11.4 Å². The third-order valence-corrected chi connectivity index (χ3v) is 6.91. The van der Waals surface area contributed by atoms with Gasteiger partial charge in [-0.1, -0.05) is 55.8 Å². The van der Waals surface area contributed by atoms with Crippen LogP contribution in [0.2, 0.25) is 0 Å². The lowest BCUT2D eigenvalue weighted by Gasteiger charge is -2.22. The van der Waals surface area contributed by atoms with E-state index in [4.69, 9.17) is 14.3 Å². The zero-order chi connectivity index (χ0) is 26.8. The Hall–Kier alpha value is -3.48. The fourth-order valence-corrected chi connectivity index (χ4v) is 5.02. The number of anilines is 1. The maximum absolute atomic E-state index is 13.4. The Bertz CT molecular complexity index is 1280. The minimum Gasteiger partial charge on any atom is -0.453 e. The van der Waals surface area contributed by atoms with Gasteiger partial charge in [-0.3, -0.25) is 14.1 Å². The number of aryl methyl sites for hydroxylation is 1. The van der Waals surface area contributed by atoms with Crippen LogP contribution in [0.25, 0.3) is 0 Å². The van der Waals surface area contributed by atoms with Crippen LogP contribution in [0, 0.1) is 0 Å². The average Bonchev–Trinajstić information content (AvgIpc) is 3.33. The zero-order valence-electron chi connectivity index (χ0n) is 20.5. The number of benzene rings is 2. The SMILES string of the molecule is CCCc1csc(C(Cc2ccc(NS(=O)(=O)O)cc2)NC(=O)C(Cc2ccccc2)NC(=O)OC)n1. The second kappa shape index (κ2) is 13.2. The molecule has 37 heavy (non-hydrogen) atoms. The van der Waals surface area contributed by atoms with Gasteiger partial charge in [0.05, 0.1) is 24.5 Å². The van der Waals surface area contributed by atoms with Crippen LogP contribution in [-0.4, -0.2) is 43.1 Å². The van der Waals surface area contributed by atoms with Gasteiger partial charge in [0.1, 0.15) is 11.0 Å². The predicted molar refractivity (Wildman–Crippen MR) is 142 cm³/mol. The van der Waals surface area contributed by atoms with Gasteiger partial charge in [-0.15, -0.1) is 11.3 Å². The monoisotopic (exact) mass is 546 g/mol. The highest BCUT2D eigenvalue weighted by molar-refractivity contribution is 7.87. The van der Waals surface area contributed by atoms with E-state index >= 15 is 0 Å². The van der Waals surface area contributed by atoms with Gasteiger partial charge in [-0.2, -0.15) is 8.42 Å².